The average molecular weight is 208 g/mol. The molecule has 0 heterocycles. The first kappa shape index (κ1) is 12.1. The first-order valence-electron chi connectivity index (χ1n) is 5.66. The predicted octanol–water partition coefficient (Wildman–Crippen LogP) is 2.79. The number of aliphatic hydroxyl groups is 1. The first-order valence-corrected chi connectivity index (χ1v) is 5.66. The molecule has 0 aliphatic rings. The van der Waals surface area contributed by atoms with Crippen LogP contribution in [0.2, 0.25) is 0 Å². The topological polar surface area (TPSA) is 29.5 Å². The van der Waals surface area contributed by atoms with E-state index in [9.17, 15) is 5.11 Å². The van der Waals surface area contributed by atoms with E-state index in [-0.39, 0.29) is 6.10 Å². The molecule has 0 amide bonds. The number of benzene rings is 1. The summed E-state index contributed by atoms with van der Waals surface area (Å²) in [7, 11) is 0. The fourth-order valence-electron chi connectivity index (χ4n) is 1.46. The van der Waals surface area contributed by atoms with Gasteiger partial charge in [0.25, 0.3) is 0 Å². The molecule has 1 rings (SSSR count). The molecule has 84 valence electrons. The summed E-state index contributed by atoms with van der Waals surface area (Å²) < 4.78 is 5.51. The molecule has 1 aromatic rings. The molecule has 1 unspecified atom stereocenters. The summed E-state index contributed by atoms with van der Waals surface area (Å²) >= 11 is 0. The van der Waals surface area contributed by atoms with Crippen LogP contribution in [0.25, 0.3) is 0 Å². The van der Waals surface area contributed by atoms with Gasteiger partial charge in [-0.05, 0) is 30.5 Å². The Morgan fingerprint density at radius 2 is 2.13 bits per heavy atom. The summed E-state index contributed by atoms with van der Waals surface area (Å²) in [6, 6.07) is 8.02. The van der Waals surface area contributed by atoms with Crippen LogP contribution >= 0.6 is 0 Å². The van der Waals surface area contributed by atoms with Gasteiger partial charge >= 0.3 is 0 Å². The van der Waals surface area contributed by atoms with E-state index in [4.69, 9.17) is 4.74 Å². The van der Waals surface area contributed by atoms with Crippen LogP contribution in [-0.2, 0) is 6.42 Å². The number of rotatable bonds is 6. The van der Waals surface area contributed by atoms with E-state index < -0.39 is 0 Å². The molecule has 0 bridgehead atoms. The van der Waals surface area contributed by atoms with Gasteiger partial charge in [-0.1, -0.05) is 32.4 Å². The Morgan fingerprint density at radius 1 is 1.33 bits per heavy atom. The zero-order chi connectivity index (χ0) is 11.1. The maximum absolute atomic E-state index is 9.51. The Kier molecular flexibility index (Phi) is 5.19. The minimum absolute atomic E-state index is 0.347. The Hall–Kier alpha value is -1.02. The van der Waals surface area contributed by atoms with Gasteiger partial charge < -0.3 is 9.84 Å². The lowest BCUT2D eigenvalue weighted by atomic mass is 10.2. The highest BCUT2D eigenvalue weighted by Crippen LogP contribution is 2.14. The number of hydrogen-bond acceptors (Lipinski definition) is 2. The van der Waals surface area contributed by atoms with Gasteiger partial charge in [-0.15, -0.1) is 0 Å². The van der Waals surface area contributed by atoms with Crippen LogP contribution in [0.4, 0.5) is 0 Å². The molecule has 1 aromatic carbocycles. The monoisotopic (exact) mass is 208 g/mol. The van der Waals surface area contributed by atoms with Crippen LogP contribution < -0.4 is 4.74 Å². The zero-order valence-corrected chi connectivity index (χ0v) is 9.57. The Labute approximate surface area is 91.9 Å². The molecule has 15 heavy (non-hydrogen) atoms. The van der Waals surface area contributed by atoms with Crippen molar-refractivity contribution in [3.8, 4) is 5.75 Å². The Balaban J connectivity index is 2.43. The van der Waals surface area contributed by atoms with Crippen LogP contribution in [0.3, 0.4) is 0 Å². The van der Waals surface area contributed by atoms with Crippen molar-refractivity contribution in [3.63, 3.8) is 0 Å². The third-order valence-electron chi connectivity index (χ3n) is 2.37. The summed E-state index contributed by atoms with van der Waals surface area (Å²) in [6.07, 6.45) is 2.45. The second-order valence-electron chi connectivity index (χ2n) is 3.75. The van der Waals surface area contributed by atoms with Crippen molar-refractivity contribution >= 4 is 0 Å². The van der Waals surface area contributed by atoms with E-state index in [0.29, 0.717) is 6.61 Å². The smallest absolute Gasteiger partial charge is 0.119 e. The van der Waals surface area contributed by atoms with Gasteiger partial charge in [0, 0.05) is 0 Å². The molecule has 0 saturated heterocycles. The molecule has 0 aliphatic heterocycles. The Morgan fingerprint density at radius 3 is 2.80 bits per heavy atom. The van der Waals surface area contributed by atoms with Gasteiger partial charge in [0.15, 0.2) is 0 Å². The SMILES string of the molecule is CCCC(O)COc1cccc(CC)c1. The fourth-order valence-corrected chi connectivity index (χ4v) is 1.46. The molecule has 1 N–H and O–H groups in total. The van der Waals surface area contributed by atoms with E-state index in [1.807, 2.05) is 18.2 Å². The number of aliphatic hydroxyl groups excluding tert-OH is 1. The lowest BCUT2D eigenvalue weighted by Gasteiger charge is -2.11. The van der Waals surface area contributed by atoms with Crippen molar-refractivity contribution in [2.24, 2.45) is 0 Å². The van der Waals surface area contributed by atoms with Crippen LogP contribution in [0.1, 0.15) is 32.3 Å². The molecule has 1 atom stereocenters. The molecule has 0 fully saturated rings. The predicted molar refractivity (Wildman–Crippen MR) is 62.2 cm³/mol. The Bertz CT molecular complexity index is 284. The zero-order valence-electron chi connectivity index (χ0n) is 9.57. The molecule has 0 saturated carbocycles. The largest absolute Gasteiger partial charge is 0.491 e. The molecule has 2 heteroatoms. The molecular formula is C13H20O2. The summed E-state index contributed by atoms with van der Waals surface area (Å²) in [6.45, 7) is 4.56. The average Bonchev–Trinajstić information content (AvgIpc) is 2.27. The van der Waals surface area contributed by atoms with Crippen LogP contribution in [0.15, 0.2) is 24.3 Å². The number of hydrogen-bond donors (Lipinski definition) is 1. The molecular weight excluding hydrogens is 188 g/mol. The standard InChI is InChI=1S/C13H20O2/c1-3-6-12(14)10-15-13-8-5-7-11(4-2)9-13/h5,7-9,12,14H,3-4,6,10H2,1-2H3. The van der Waals surface area contributed by atoms with E-state index in [2.05, 4.69) is 19.9 Å². The van der Waals surface area contributed by atoms with Crippen molar-refractivity contribution < 1.29 is 9.84 Å². The maximum atomic E-state index is 9.51. The first-order chi connectivity index (χ1) is 7.26. The third-order valence-corrected chi connectivity index (χ3v) is 2.37. The number of ether oxygens (including phenoxy) is 1. The van der Waals surface area contributed by atoms with Crippen molar-refractivity contribution in [2.45, 2.75) is 39.2 Å². The lowest BCUT2D eigenvalue weighted by molar-refractivity contribution is 0.0993. The van der Waals surface area contributed by atoms with E-state index in [1.165, 1.54) is 5.56 Å². The molecule has 0 aliphatic carbocycles. The molecule has 2 nitrogen and oxygen atoms in total. The summed E-state index contributed by atoms with van der Waals surface area (Å²) in [5, 5.41) is 9.51. The van der Waals surface area contributed by atoms with Crippen LogP contribution in [0, 0.1) is 0 Å². The summed E-state index contributed by atoms with van der Waals surface area (Å²) in [5.41, 5.74) is 1.26. The quantitative estimate of drug-likeness (QED) is 0.779. The minimum atomic E-state index is -0.347. The normalized spacial score (nSPS) is 12.5. The molecule has 0 spiro atoms. The van der Waals surface area contributed by atoms with Crippen molar-refractivity contribution in [2.75, 3.05) is 6.61 Å². The fraction of sp³-hybridized carbons (Fsp3) is 0.538. The van der Waals surface area contributed by atoms with Gasteiger partial charge in [-0.25, -0.2) is 0 Å². The third kappa shape index (κ3) is 4.34. The summed E-state index contributed by atoms with van der Waals surface area (Å²) in [5.74, 6) is 0.851. The second kappa shape index (κ2) is 6.46. The van der Waals surface area contributed by atoms with Gasteiger partial charge in [0.1, 0.15) is 12.4 Å². The van der Waals surface area contributed by atoms with Gasteiger partial charge in [-0.3, -0.25) is 0 Å². The van der Waals surface area contributed by atoms with Gasteiger partial charge in [0.05, 0.1) is 6.10 Å². The van der Waals surface area contributed by atoms with Gasteiger partial charge in [-0.2, -0.15) is 0 Å². The van der Waals surface area contributed by atoms with Crippen molar-refractivity contribution in [1.82, 2.24) is 0 Å². The van der Waals surface area contributed by atoms with Crippen LogP contribution in [0.5, 0.6) is 5.75 Å². The minimum Gasteiger partial charge on any atom is -0.491 e. The summed E-state index contributed by atoms with van der Waals surface area (Å²) in [4.78, 5) is 0. The van der Waals surface area contributed by atoms with Crippen LogP contribution in [-0.4, -0.2) is 17.8 Å². The van der Waals surface area contributed by atoms with Gasteiger partial charge in [0.2, 0.25) is 0 Å². The maximum Gasteiger partial charge on any atom is 0.119 e. The van der Waals surface area contributed by atoms with Crippen molar-refractivity contribution in [3.05, 3.63) is 29.8 Å². The van der Waals surface area contributed by atoms with E-state index in [1.54, 1.807) is 0 Å². The van der Waals surface area contributed by atoms with E-state index in [0.717, 1.165) is 25.0 Å². The lowest BCUT2D eigenvalue weighted by Crippen LogP contribution is -2.16. The second-order valence-corrected chi connectivity index (χ2v) is 3.75. The highest BCUT2D eigenvalue weighted by molar-refractivity contribution is 5.28. The molecule has 0 radical (unpaired) electrons. The highest BCUT2D eigenvalue weighted by Gasteiger charge is 2.03. The van der Waals surface area contributed by atoms with Crippen molar-refractivity contribution in [1.29, 1.82) is 0 Å². The number of aryl methyl sites for hydroxylation is 1. The van der Waals surface area contributed by atoms with E-state index >= 15 is 0 Å². The highest BCUT2D eigenvalue weighted by atomic mass is 16.5. The molecule has 0 aromatic heterocycles.